The average Bonchev–Trinajstić information content (AvgIpc) is 3.46. The van der Waals surface area contributed by atoms with Crippen molar-refractivity contribution in [2.45, 2.75) is 77.1 Å². The highest BCUT2D eigenvalue weighted by Crippen LogP contribution is 2.33. The topological polar surface area (TPSA) is 239 Å². The number of fused-ring (bicyclic) bond motifs is 2. The second-order valence-corrected chi connectivity index (χ2v) is 12.6. The first kappa shape index (κ1) is 41.8. The van der Waals surface area contributed by atoms with Crippen LogP contribution in [0.3, 0.4) is 0 Å². The van der Waals surface area contributed by atoms with Crippen LogP contribution >= 0.6 is 0 Å². The molecule has 3 aromatic carbocycles. The van der Waals surface area contributed by atoms with E-state index in [2.05, 4.69) is 20.8 Å². The van der Waals surface area contributed by atoms with E-state index >= 15 is 0 Å². The summed E-state index contributed by atoms with van der Waals surface area (Å²) in [5, 5.41) is 22.0. The third-order valence-corrected chi connectivity index (χ3v) is 7.37. The minimum atomic E-state index is -1.06. The summed E-state index contributed by atoms with van der Waals surface area (Å²) < 4.78 is 9.84. The van der Waals surface area contributed by atoms with Crippen molar-refractivity contribution < 1.29 is 38.6 Å². The highest BCUT2D eigenvalue weighted by molar-refractivity contribution is 6.11. The Kier molecular flexibility index (Phi) is 16.7. The van der Waals surface area contributed by atoms with Crippen LogP contribution in [0.25, 0.3) is 10.8 Å². The van der Waals surface area contributed by atoms with Gasteiger partial charge in [-0.3, -0.25) is 40.1 Å². The van der Waals surface area contributed by atoms with E-state index in [1.807, 2.05) is 42.5 Å². The molecular weight excluding hydrogens is 658 g/mol. The molecule has 1 aliphatic heterocycles. The molecule has 0 saturated carbocycles. The van der Waals surface area contributed by atoms with E-state index in [1.165, 1.54) is 4.90 Å². The molecule has 3 aromatic rings. The number of nitrogens with zero attached hydrogens (tertiary/aromatic N) is 1. The molecule has 9 N–H and O–H groups in total. The maximum absolute atomic E-state index is 14.2. The predicted molar refractivity (Wildman–Crippen MR) is 194 cm³/mol. The molecule has 15 nitrogen and oxygen atoms in total. The molecular formula is C36H49N7O8. The maximum atomic E-state index is 14.2. The molecule has 0 bridgehead atoms. The van der Waals surface area contributed by atoms with E-state index < -0.39 is 47.4 Å². The summed E-state index contributed by atoms with van der Waals surface area (Å²) in [5.41, 5.74) is 9.07. The van der Waals surface area contributed by atoms with Crippen LogP contribution in [0.2, 0.25) is 0 Å². The molecule has 0 radical (unpaired) electrons. The molecule has 0 aromatic heterocycles. The lowest BCUT2D eigenvalue weighted by Crippen LogP contribution is -2.56. The normalized spacial score (nSPS) is 14.3. The van der Waals surface area contributed by atoms with E-state index in [9.17, 15) is 19.2 Å². The largest absolute Gasteiger partial charge is 0.483 e. The lowest BCUT2D eigenvalue weighted by molar-refractivity contribution is -0.155. The summed E-state index contributed by atoms with van der Waals surface area (Å²) in [6, 6.07) is 17.6. The van der Waals surface area contributed by atoms with Crippen molar-refractivity contribution in [2.75, 3.05) is 18.7 Å². The Hall–Kier alpha value is -5.38. The van der Waals surface area contributed by atoms with Gasteiger partial charge in [0.2, 0.25) is 11.8 Å². The molecule has 276 valence electrons. The van der Waals surface area contributed by atoms with Gasteiger partial charge in [-0.1, -0.05) is 54.6 Å². The first-order valence-corrected chi connectivity index (χ1v) is 16.2. The third kappa shape index (κ3) is 13.1. The van der Waals surface area contributed by atoms with Crippen molar-refractivity contribution in [3.8, 4) is 0 Å². The van der Waals surface area contributed by atoms with Crippen molar-refractivity contribution in [2.24, 2.45) is 11.6 Å². The number of methoxy groups -OCH3 is 1. The molecule has 0 saturated heterocycles. The number of hydrogen-bond donors (Lipinski definition) is 7. The fourth-order valence-electron chi connectivity index (χ4n) is 5.36. The number of nitrogens with two attached hydrogens (primary N) is 2. The molecule has 3 amide bonds. The number of carbonyl (C=O) groups excluding carboxylic acids is 4. The molecule has 15 heteroatoms. The minimum absolute atomic E-state index is 0.0288. The van der Waals surface area contributed by atoms with Crippen LogP contribution in [-0.4, -0.2) is 78.7 Å². The maximum Gasteiger partial charge on any atom is 0.308 e. The van der Waals surface area contributed by atoms with Crippen LogP contribution in [0.15, 0.2) is 66.7 Å². The van der Waals surface area contributed by atoms with Gasteiger partial charge in [-0.2, -0.15) is 0 Å². The Labute approximate surface area is 297 Å². The molecule has 0 fully saturated rings. The van der Waals surface area contributed by atoms with Crippen LogP contribution in [-0.2, 0) is 35.1 Å². The molecule has 0 aliphatic carbocycles. The van der Waals surface area contributed by atoms with Crippen molar-refractivity contribution in [1.82, 2.24) is 16.1 Å². The highest BCUT2D eigenvalue weighted by Gasteiger charge is 2.41. The fourth-order valence-corrected chi connectivity index (χ4v) is 5.36. The van der Waals surface area contributed by atoms with Crippen molar-refractivity contribution in [3.05, 3.63) is 77.9 Å². The standard InChI is InChI=1S/C33H39N5O5.C2H8N2O.CH2O2/c1-20(18-29(39)43-33(2,3)4)36-31(41)27-19-22-11-6-8-15-26(22)38(27)32(42)25(16-17-28(34)35)37-30(40)24-14-9-12-21-10-5-7-13-23(21)24;1-5-2-4-3;2-1-3/h5-15,20,25,27H,16-19H2,1-4H3,(H3,34,35)(H,36,41)(H,37,40);4H,2-3H2,1H3;1H,(H,2,3). The van der Waals surface area contributed by atoms with E-state index in [0.29, 0.717) is 18.0 Å². The number of hydrogen-bond acceptors (Lipinski definition) is 10. The Morgan fingerprint density at radius 1 is 1.04 bits per heavy atom. The second kappa shape index (κ2) is 20.3. The predicted octanol–water partition coefficient (Wildman–Crippen LogP) is 2.60. The zero-order chi connectivity index (χ0) is 38.1. The summed E-state index contributed by atoms with van der Waals surface area (Å²) in [6.07, 6.45) is 0.390. The fraction of sp³-hybridized carbons (Fsp3) is 0.389. The number of rotatable bonds is 12. The van der Waals surface area contributed by atoms with Gasteiger partial charge in [-0.25, -0.2) is 5.43 Å². The highest BCUT2D eigenvalue weighted by atomic mass is 16.6. The number of carboxylic acid groups (broad SMARTS) is 1. The number of amidine groups is 1. The van der Waals surface area contributed by atoms with Gasteiger partial charge in [-0.15, -0.1) is 0 Å². The molecule has 1 heterocycles. The zero-order valence-corrected chi connectivity index (χ0v) is 29.6. The second-order valence-electron chi connectivity index (χ2n) is 12.6. The molecule has 3 atom stereocenters. The van der Waals surface area contributed by atoms with E-state index in [0.717, 1.165) is 16.3 Å². The Morgan fingerprint density at radius 3 is 2.27 bits per heavy atom. The third-order valence-electron chi connectivity index (χ3n) is 7.37. The Bertz CT molecular complexity index is 1650. The Balaban J connectivity index is 0.00000102. The lowest BCUT2D eigenvalue weighted by Gasteiger charge is -2.30. The SMILES string of the molecule is CC(CC(=O)OC(C)(C)C)NC(=O)C1Cc2ccccc2N1C(=O)C(CCC(=N)N)NC(=O)c1cccc2ccccc12.COCNN.O=CO. The summed E-state index contributed by atoms with van der Waals surface area (Å²) in [7, 11) is 1.57. The number of nitrogens with one attached hydrogen (secondary N) is 4. The van der Waals surface area contributed by atoms with Crippen LogP contribution in [0, 0.1) is 5.41 Å². The van der Waals surface area contributed by atoms with E-state index in [1.54, 1.807) is 59.1 Å². The summed E-state index contributed by atoms with van der Waals surface area (Å²) in [4.78, 5) is 63.5. The number of anilines is 1. The average molecular weight is 708 g/mol. The minimum Gasteiger partial charge on any atom is -0.483 e. The van der Waals surface area contributed by atoms with Gasteiger partial charge in [0.1, 0.15) is 24.4 Å². The van der Waals surface area contributed by atoms with Crippen LogP contribution in [0.1, 0.15) is 62.9 Å². The zero-order valence-electron chi connectivity index (χ0n) is 29.6. The summed E-state index contributed by atoms with van der Waals surface area (Å²) in [5.74, 6) is 2.84. The van der Waals surface area contributed by atoms with Crippen molar-refractivity contribution >= 4 is 52.5 Å². The first-order valence-electron chi connectivity index (χ1n) is 16.2. The number of carbonyl (C=O) groups is 5. The van der Waals surface area contributed by atoms with Gasteiger partial charge >= 0.3 is 5.97 Å². The van der Waals surface area contributed by atoms with E-state index in [-0.39, 0.29) is 38.0 Å². The number of benzene rings is 3. The summed E-state index contributed by atoms with van der Waals surface area (Å²) >= 11 is 0. The number of hydrazine groups is 1. The molecule has 4 rings (SSSR count). The van der Waals surface area contributed by atoms with Crippen LogP contribution < -0.4 is 32.5 Å². The van der Waals surface area contributed by atoms with E-state index in [4.69, 9.17) is 31.6 Å². The van der Waals surface area contributed by atoms with Gasteiger partial charge in [0.25, 0.3) is 12.4 Å². The molecule has 3 unspecified atom stereocenters. The Morgan fingerprint density at radius 2 is 1.67 bits per heavy atom. The van der Waals surface area contributed by atoms with Crippen LogP contribution in [0.5, 0.6) is 0 Å². The molecule has 51 heavy (non-hydrogen) atoms. The number of para-hydroxylation sites is 1. The van der Waals surface area contributed by atoms with Crippen LogP contribution in [0.4, 0.5) is 5.69 Å². The molecule has 1 aliphatic rings. The lowest BCUT2D eigenvalue weighted by atomic mass is 10.0. The number of esters is 1. The quantitative estimate of drug-likeness (QED) is 0.0275. The van der Waals surface area contributed by atoms with Gasteiger partial charge in [0.15, 0.2) is 0 Å². The monoisotopic (exact) mass is 707 g/mol. The van der Waals surface area contributed by atoms with Gasteiger partial charge in [-0.05, 0) is 62.6 Å². The van der Waals surface area contributed by atoms with Crippen molar-refractivity contribution in [3.63, 3.8) is 0 Å². The summed E-state index contributed by atoms with van der Waals surface area (Å²) in [6.45, 7) is 7.19. The van der Waals surface area contributed by atoms with Gasteiger partial charge in [0.05, 0.1) is 12.3 Å². The smallest absolute Gasteiger partial charge is 0.308 e. The van der Waals surface area contributed by atoms with Gasteiger partial charge < -0.3 is 30.9 Å². The number of ether oxygens (including phenoxy) is 2. The van der Waals surface area contributed by atoms with Gasteiger partial charge in [0, 0.05) is 37.2 Å². The first-order chi connectivity index (χ1) is 24.2. The molecule has 0 spiro atoms. The number of amides is 3. The van der Waals surface area contributed by atoms with Crippen molar-refractivity contribution in [1.29, 1.82) is 5.41 Å².